The topological polar surface area (TPSA) is 79.8 Å². The van der Waals surface area contributed by atoms with Gasteiger partial charge < -0.3 is 24.6 Å². The molecule has 2 aromatic rings. The van der Waals surface area contributed by atoms with Gasteiger partial charge in [0.2, 0.25) is 5.91 Å². The van der Waals surface area contributed by atoms with Crippen LogP contribution in [0.25, 0.3) is 0 Å². The van der Waals surface area contributed by atoms with Gasteiger partial charge in [-0.05, 0) is 64.2 Å². The van der Waals surface area contributed by atoms with E-state index in [1.54, 1.807) is 6.33 Å². The van der Waals surface area contributed by atoms with Gasteiger partial charge in [-0.15, -0.1) is 0 Å². The van der Waals surface area contributed by atoms with Gasteiger partial charge in [-0.1, -0.05) is 0 Å². The van der Waals surface area contributed by atoms with E-state index in [1.807, 2.05) is 11.1 Å². The minimum atomic E-state index is 0.00546. The van der Waals surface area contributed by atoms with Gasteiger partial charge in [0.05, 0.1) is 48.9 Å². The van der Waals surface area contributed by atoms with Gasteiger partial charge in [0, 0.05) is 29.9 Å². The largest absolute Gasteiger partial charge is 0.376 e. The Morgan fingerprint density at radius 2 is 2.09 bits per heavy atom. The lowest BCUT2D eigenvalue weighted by Crippen LogP contribution is -2.39. The molecule has 4 heterocycles. The molecule has 3 aliphatic heterocycles. The number of hydrogen-bond acceptors (Lipinski definition) is 7. The van der Waals surface area contributed by atoms with Gasteiger partial charge in [0.25, 0.3) is 0 Å². The Balaban J connectivity index is 1.30. The Labute approximate surface area is 200 Å². The predicted octanol–water partition coefficient (Wildman–Crippen LogP) is 4.03. The highest BCUT2D eigenvalue weighted by Crippen LogP contribution is 2.41. The number of aromatic nitrogens is 2. The molecule has 1 aromatic carbocycles. The maximum Gasteiger partial charge on any atom is 0.230 e. The molecule has 2 bridgehead atoms. The predicted molar refractivity (Wildman–Crippen MR) is 130 cm³/mol. The van der Waals surface area contributed by atoms with Gasteiger partial charge >= 0.3 is 0 Å². The highest BCUT2D eigenvalue weighted by molar-refractivity contribution is 6.00. The first-order valence-electron chi connectivity index (χ1n) is 12.6. The zero-order chi connectivity index (χ0) is 23.2. The average molecular weight is 464 g/mol. The van der Waals surface area contributed by atoms with Crippen LogP contribution in [0.2, 0.25) is 0 Å². The maximum absolute atomic E-state index is 14.0. The van der Waals surface area contributed by atoms with Crippen molar-refractivity contribution in [1.29, 1.82) is 0 Å². The second-order valence-electron chi connectivity index (χ2n) is 10.3. The minimum absolute atomic E-state index is 0.00546. The van der Waals surface area contributed by atoms with Crippen LogP contribution in [-0.2, 0) is 20.8 Å². The molecule has 8 nitrogen and oxygen atoms in total. The monoisotopic (exact) mass is 463 g/mol. The molecule has 6 rings (SSSR count). The number of anilines is 4. The first-order chi connectivity index (χ1) is 16.5. The fourth-order valence-corrected chi connectivity index (χ4v) is 5.96. The maximum atomic E-state index is 14.0. The summed E-state index contributed by atoms with van der Waals surface area (Å²) in [5.41, 5.74) is 3.91. The normalized spacial score (nSPS) is 27.9. The van der Waals surface area contributed by atoms with Crippen LogP contribution < -0.4 is 15.1 Å². The minimum Gasteiger partial charge on any atom is -0.376 e. The Morgan fingerprint density at radius 1 is 1.24 bits per heavy atom. The number of morpholine rings is 1. The number of rotatable bonds is 4. The van der Waals surface area contributed by atoms with E-state index < -0.39 is 0 Å². The Kier molecular flexibility index (Phi) is 5.65. The molecule has 2 atom stereocenters. The fourth-order valence-electron chi connectivity index (χ4n) is 5.96. The van der Waals surface area contributed by atoms with Crippen molar-refractivity contribution >= 4 is 28.8 Å². The summed E-state index contributed by atoms with van der Waals surface area (Å²) >= 11 is 0. The summed E-state index contributed by atoms with van der Waals surface area (Å²) in [6, 6.07) is 6.83. The van der Waals surface area contributed by atoms with Crippen LogP contribution in [0.15, 0.2) is 30.7 Å². The molecule has 180 valence electrons. The first-order valence-corrected chi connectivity index (χ1v) is 12.6. The molecule has 3 fully saturated rings. The molecule has 1 saturated carbocycles. The molecule has 1 aromatic heterocycles. The summed E-state index contributed by atoms with van der Waals surface area (Å²) in [4.78, 5) is 27.0. The Bertz CT molecular complexity index is 1070. The van der Waals surface area contributed by atoms with Crippen LogP contribution in [0.3, 0.4) is 0 Å². The molecular formula is C26H33N5O3. The number of nitrogens with one attached hydrogen (secondary N) is 1. The smallest absolute Gasteiger partial charge is 0.230 e. The molecule has 0 radical (unpaired) electrons. The summed E-state index contributed by atoms with van der Waals surface area (Å²) in [5, 5.41) is 3.46. The van der Waals surface area contributed by atoms with Gasteiger partial charge in [-0.3, -0.25) is 4.79 Å². The highest BCUT2D eigenvalue weighted by atomic mass is 16.5. The van der Waals surface area contributed by atoms with E-state index >= 15 is 0 Å². The first kappa shape index (κ1) is 21.8. The van der Waals surface area contributed by atoms with Crippen molar-refractivity contribution in [2.45, 2.75) is 76.9 Å². The van der Waals surface area contributed by atoms with Crippen molar-refractivity contribution in [3.63, 3.8) is 0 Å². The lowest BCUT2D eigenvalue weighted by molar-refractivity contribution is -0.124. The number of carbonyl (C=O) groups is 1. The fraction of sp³-hybridized carbons (Fsp3) is 0.577. The number of fused-ring (bicyclic) bond motifs is 4. The highest BCUT2D eigenvalue weighted by Gasteiger charge is 2.40. The number of ether oxygens (including phenoxy) is 2. The van der Waals surface area contributed by atoms with E-state index in [0.717, 1.165) is 73.7 Å². The Hall–Kier alpha value is -2.71. The van der Waals surface area contributed by atoms with Crippen molar-refractivity contribution in [3.05, 3.63) is 36.3 Å². The van der Waals surface area contributed by atoms with Crippen LogP contribution in [0.1, 0.15) is 51.5 Å². The molecule has 2 saturated heterocycles. The quantitative estimate of drug-likeness (QED) is 0.733. The number of hydrogen-bond donors (Lipinski definition) is 1. The average Bonchev–Trinajstić information content (AvgIpc) is 3.43. The summed E-state index contributed by atoms with van der Waals surface area (Å²) < 4.78 is 11.8. The molecule has 0 unspecified atom stereocenters. The summed E-state index contributed by atoms with van der Waals surface area (Å²) in [6.07, 6.45) is 8.84. The van der Waals surface area contributed by atoms with Crippen molar-refractivity contribution in [1.82, 2.24) is 9.97 Å². The SMILES string of the molecule is CC(C)OC1CCC(C(=O)N2Cc3cncnc3Nc3ccc(N4C[C@@H]5C[C@H]4CO5)cc32)CC1. The number of benzene rings is 1. The third-order valence-corrected chi connectivity index (χ3v) is 7.63. The standard InChI is InChI=1S/C26H33N5O3/c1-16(2)34-21-6-3-17(4-7-21)26(32)31-12-18-11-27-15-28-25(18)29-23-8-5-19(10-24(23)31)30-13-22-9-20(30)14-33-22/h5,8,10-11,15-17,20-22H,3-4,6-7,9,12-14H2,1-2H3,(H,27,28,29)/t17?,20-,21?,22-/m0/s1. The van der Waals surface area contributed by atoms with Gasteiger partial charge in [-0.25, -0.2) is 9.97 Å². The van der Waals surface area contributed by atoms with Crippen molar-refractivity contribution in [2.75, 3.05) is 28.3 Å². The van der Waals surface area contributed by atoms with E-state index in [-0.39, 0.29) is 24.0 Å². The van der Waals surface area contributed by atoms with Crippen LogP contribution in [0, 0.1) is 5.92 Å². The zero-order valence-electron chi connectivity index (χ0n) is 19.9. The second-order valence-corrected chi connectivity index (χ2v) is 10.3. The molecular weight excluding hydrogens is 430 g/mol. The number of amides is 1. The van der Waals surface area contributed by atoms with Crippen LogP contribution in [0.4, 0.5) is 22.9 Å². The summed E-state index contributed by atoms with van der Waals surface area (Å²) in [7, 11) is 0. The van der Waals surface area contributed by atoms with E-state index in [0.29, 0.717) is 18.7 Å². The van der Waals surface area contributed by atoms with Crippen molar-refractivity contribution in [3.8, 4) is 0 Å². The van der Waals surface area contributed by atoms with E-state index in [9.17, 15) is 4.79 Å². The summed E-state index contributed by atoms with van der Waals surface area (Å²) in [5.74, 6) is 0.957. The van der Waals surface area contributed by atoms with Crippen LogP contribution >= 0.6 is 0 Å². The lowest BCUT2D eigenvalue weighted by Gasteiger charge is -2.34. The molecule has 0 spiro atoms. The Morgan fingerprint density at radius 3 is 2.82 bits per heavy atom. The zero-order valence-corrected chi connectivity index (χ0v) is 19.9. The van der Waals surface area contributed by atoms with Crippen molar-refractivity contribution < 1.29 is 14.3 Å². The van der Waals surface area contributed by atoms with E-state index in [4.69, 9.17) is 9.47 Å². The molecule has 1 N–H and O–H groups in total. The van der Waals surface area contributed by atoms with Crippen LogP contribution in [0.5, 0.6) is 0 Å². The second kappa shape index (κ2) is 8.82. The van der Waals surface area contributed by atoms with E-state index in [2.05, 4.69) is 52.2 Å². The molecule has 4 aliphatic rings. The lowest BCUT2D eigenvalue weighted by atomic mass is 9.86. The molecule has 8 heteroatoms. The van der Waals surface area contributed by atoms with Gasteiger partial charge in [-0.2, -0.15) is 0 Å². The number of nitrogens with zero attached hydrogens (tertiary/aromatic N) is 4. The number of carbonyl (C=O) groups excluding carboxylic acids is 1. The molecule has 1 aliphatic carbocycles. The summed E-state index contributed by atoms with van der Waals surface area (Å²) in [6.45, 7) is 6.32. The molecule has 1 amide bonds. The van der Waals surface area contributed by atoms with Gasteiger partial charge in [0.1, 0.15) is 12.1 Å². The van der Waals surface area contributed by atoms with Gasteiger partial charge in [0.15, 0.2) is 0 Å². The third kappa shape index (κ3) is 4.03. The van der Waals surface area contributed by atoms with Crippen molar-refractivity contribution in [2.24, 2.45) is 5.92 Å². The third-order valence-electron chi connectivity index (χ3n) is 7.63. The van der Waals surface area contributed by atoms with E-state index in [1.165, 1.54) is 0 Å². The van der Waals surface area contributed by atoms with Crippen LogP contribution in [-0.4, -0.2) is 53.4 Å². The molecule has 34 heavy (non-hydrogen) atoms.